The molecule has 0 spiro atoms. The zero-order valence-electron chi connectivity index (χ0n) is 9.67. The number of allylic oxidation sites excluding steroid dienone is 2. The van der Waals surface area contributed by atoms with Crippen LogP contribution in [0.2, 0.25) is 0 Å². The predicted molar refractivity (Wildman–Crippen MR) is 58.7 cm³/mol. The second-order valence-electron chi connectivity index (χ2n) is 5.19. The van der Waals surface area contributed by atoms with Crippen LogP contribution < -0.4 is 0 Å². The molecule has 0 aromatic carbocycles. The van der Waals surface area contributed by atoms with Crippen molar-refractivity contribution in [3.05, 3.63) is 12.2 Å². The summed E-state index contributed by atoms with van der Waals surface area (Å²) in [5, 5.41) is 9.25. The van der Waals surface area contributed by atoms with Gasteiger partial charge in [0.2, 0.25) is 0 Å². The Bertz CT molecular complexity index is 151. The molecule has 13 heavy (non-hydrogen) atoms. The molecular formula is C12H24O. The second kappa shape index (κ2) is 5.43. The first-order valence-corrected chi connectivity index (χ1v) is 5.16. The molecule has 0 aliphatic heterocycles. The van der Waals surface area contributed by atoms with Gasteiger partial charge in [0.1, 0.15) is 0 Å². The van der Waals surface area contributed by atoms with Gasteiger partial charge in [-0.05, 0) is 31.1 Å². The first-order valence-electron chi connectivity index (χ1n) is 5.16. The van der Waals surface area contributed by atoms with Gasteiger partial charge in [0.15, 0.2) is 0 Å². The molecule has 2 atom stereocenters. The van der Waals surface area contributed by atoms with E-state index < -0.39 is 0 Å². The zero-order valence-corrected chi connectivity index (χ0v) is 9.67. The summed E-state index contributed by atoms with van der Waals surface area (Å²) in [7, 11) is 0. The van der Waals surface area contributed by atoms with Gasteiger partial charge in [0.05, 0.1) is 6.10 Å². The van der Waals surface area contributed by atoms with Gasteiger partial charge >= 0.3 is 0 Å². The highest BCUT2D eigenvalue weighted by Gasteiger charge is 2.08. The topological polar surface area (TPSA) is 20.2 Å². The Balaban J connectivity index is 3.64. The van der Waals surface area contributed by atoms with E-state index in [4.69, 9.17) is 0 Å². The molecule has 1 N–H and O–H groups in total. The van der Waals surface area contributed by atoms with E-state index >= 15 is 0 Å². The van der Waals surface area contributed by atoms with Crippen molar-refractivity contribution in [1.82, 2.24) is 0 Å². The quantitative estimate of drug-likeness (QED) is 0.664. The maximum Gasteiger partial charge on any atom is 0.0540 e. The molecular weight excluding hydrogens is 160 g/mol. The highest BCUT2D eigenvalue weighted by atomic mass is 16.3. The van der Waals surface area contributed by atoms with E-state index in [0.717, 1.165) is 12.8 Å². The van der Waals surface area contributed by atoms with Crippen LogP contribution in [0.5, 0.6) is 0 Å². The minimum absolute atomic E-state index is 0.195. The highest BCUT2D eigenvalue weighted by molar-refractivity contribution is 4.87. The SMILES string of the molecule is C[C@H](C/C=C\CC(C)(C)C)[C@@H](C)O. The average Bonchev–Trinajstić information content (AvgIpc) is 1.95. The van der Waals surface area contributed by atoms with Gasteiger partial charge in [-0.25, -0.2) is 0 Å². The van der Waals surface area contributed by atoms with Crippen LogP contribution in [-0.4, -0.2) is 11.2 Å². The van der Waals surface area contributed by atoms with E-state index in [-0.39, 0.29) is 6.10 Å². The second-order valence-corrected chi connectivity index (χ2v) is 5.19. The van der Waals surface area contributed by atoms with Gasteiger partial charge < -0.3 is 5.11 Å². The molecule has 1 nitrogen and oxygen atoms in total. The normalized spacial score (nSPS) is 17.7. The number of hydrogen-bond donors (Lipinski definition) is 1. The zero-order chi connectivity index (χ0) is 10.5. The Kier molecular flexibility index (Phi) is 5.31. The molecule has 78 valence electrons. The van der Waals surface area contributed by atoms with Gasteiger partial charge in [0, 0.05) is 0 Å². The summed E-state index contributed by atoms with van der Waals surface area (Å²) in [6, 6.07) is 0. The van der Waals surface area contributed by atoms with E-state index in [1.54, 1.807) is 0 Å². The van der Waals surface area contributed by atoms with Crippen LogP contribution in [0, 0.1) is 11.3 Å². The largest absolute Gasteiger partial charge is 0.393 e. The fourth-order valence-corrected chi connectivity index (χ4v) is 0.945. The first kappa shape index (κ1) is 12.7. The molecule has 0 bridgehead atoms. The van der Waals surface area contributed by atoms with Crippen molar-refractivity contribution in [3.63, 3.8) is 0 Å². The number of aliphatic hydroxyl groups is 1. The van der Waals surface area contributed by atoms with Crippen molar-refractivity contribution in [2.75, 3.05) is 0 Å². The van der Waals surface area contributed by atoms with Crippen LogP contribution in [0.4, 0.5) is 0 Å². The monoisotopic (exact) mass is 184 g/mol. The maximum absolute atomic E-state index is 9.25. The minimum atomic E-state index is -0.195. The van der Waals surface area contributed by atoms with E-state index in [0.29, 0.717) is 11.3 Å². The van der Waals surface area contributed by atoms with Crippen molar-refractivity contribution >= 4 is 0 Å². The van der Waals surface area contributed by atoms with E-state index in [2.05, 4.69) is 39.8 Å². The van der Waals surface area contributed by atoms with Crippen LogP contribution in [0.1, 0.15) is 47.5 Å². The molecule has 0 fully saturated rings. The third-order valence-corrected chi connectivity index (χ3v) is 2.23. The predicted octanol–water partition coefficient (Wildman–Crippen LogP) is 3.39. The van der Waals surface area contributed by atoms with Crippen molar-refractivity contribution in [2.45, 2.75) is 53.6 Å². The first-order chi connectivity index (χ1) is 5.83. The lowest BCUT2D eigenvalue weighted by atomic mass is 9.91. The minimum Gasteiger partial charge on any atom is -0.393 e. The van der Waals surface area contributed by atoms with Crippen LogP contribution in [-0.2, 0) is 0 Å². The molecule has 0 aromatic rings. The summed E-state index contributed by atoms with van der Waals surface area (Å²) < 4.78 is 0. The molecule has 0 rings (SSSR count). The number of rotatable bonds is 4. The van der Waals surface area contributed by atoms with Crippen LogP contribution in [0.25, 0.3) is 0 Å². The summed E-state index contributed by atoms with van der Waals surface area (Å²) in [4.78, 5) is 0. The molecule has 0 unspecified atom stereocenters. The van der Waals surface area contributed by atoms with Crippen LogP contribution >= 0.6 is 0 Å². The van der Waals surface area contributed by atoms with Crippen molar-refractivity contribution < 1.29 is 5.11 Å². The summed E-state index contributed by atoms with van der Waals surface area (Å²) >= 11 is 0. The number of hydrogen-bond acceptors (Lipinski definition) is 1. The van der Waals surface area contributed by atoms with Gasteiger partial charge in [-0.15, -0.1) is 0 Å². The lowest BCUT2D eigenvalue weighted by Crippen LogP contribution is -2.11. The molecule has 0 heterocycles. The smallest absolute Gasteiger partial charge is 0.0540 e. The third-order valence-electron chi connectivity index (χ3n) is 2.23. The lowest BCUT2D eigenvalue weighted by molar-refractivity contribution is 0.136. The van der Waals surface area contributed by atoms with Gasteiger partial charge in [-0.3, -0.25) is 0 Å². The van der Waals surface area contributed by atoms with Crippen LogP contribution in [0.15, 0.2) is 12.2 Å². The van der Waals surface area contributed by atoms with E-state index in [9.17, 15) is 5.11 Å². The van der Waals surface area contributed by atoms with Crippen molar-refractivity contribution in [1.29, 1.82) is 0 Å². The van der Waals surface area contributed by atoms with Crippen LogP contribution in [0.3, 0.4) is 0 Å². The van der Waals surface area contributed by atoms with Gasteiger partial charge in [-0.1, -0.05) is 39.8 Å². The lowest BCUT2D eigenvalue weighted by Gasteiger charge is -2.15. The Morgan fingerprint density at radius 3 is 2.08 bits per heavy atom. The summed E-state index contributed by atoms with van der Waals surface area (Å²) in [6.07, 6.45) is 6.30. The summed E-state index contributed by atoms with van der Waals surface area (Å²) in [5.74, 6) is 0.371. The Hall–Kier alpha value is -0.300. The molecule has 0 saturated carbocycles. The fourth-order valence-electron chi connectivity index (χ4n) is 0.945. The summed E-state index contributed by atoms with van der Waals surface area (Å²) in [5.41, 5.74) is 0.380. The molecule has 0 saturated heterocycles. The Morgan fingerprint density at radius 2 is 1.69 bits per heavy atom. The molecule has 0 radical (unpaired) electrons. The Morgan fingerprint density at radius 1 is 1.15 bits per heavy atom. The fraction of sp³-hybridized carbons (Fsp3) is 0.833. The maximum atomic E-state index is 9.25. The van der Waals surface area contributed by atoms with Gasteiger partial charge in [0.25, 0.3) is 0 Å². The third kappa shape index (κ3) is 8.04. The molecule has 1 heteroatoms. The molecule has 0 aromatic heterocycles. The molecule has 0 amide bonds. The van der Waals surface area contributed by atoms with E-state index in [1.807, 2.05) is 6.92 Å². The van der Waals surface area contributed by atoms with Crippen molar-refractivity contribution in [2.24, 2.45) is 11.3 Å². The Labute approximate surface area is 82.9 Å². The van der Waals surface area contributed by atoms with Gasteiger partial charge in [-0.2, -0.15) is 0 Å². The highest BCUT2D eigenvalue weighted by Crippen LogP contribution is 2.19. The number of aliphatic hydroxyl groups excluding tert-OH is 1. The van der Waals surface area contributed by atoms with E-state index in [1.165, 1.54) is 0 Å². The standard InChI is InChI=1S/C12H24O/c1-10(11(2)13)8-6-7-9-12(3,4)5/h6-7,10-11,13H,8-9H2,1-5H3/b7-6-/t10-,11-/m1/s1. The van der Waals surface area contributed by atoms with Crippen molar-refractivity contribution in [3.8, 4) is 0 Å². The summed E-state index contributed by atoms with van der Waals surface area (Å²) in [6.45, 7) is 10.6. The molecule has 0 aliphatic rings. The average molecular weight is 184 g/mol. The molecule has 0 aliphatic carbocycles.